The molecule has 1 atom stereocenters. The van der Waals surface area contributed by atoms with Crippen molar-refractivity contribution in [1.82, 2.24) is 10.6 Å². The molecule has 1 aromatic rings. The van der Waals surface area contributed by atoms with Crippen molar-refractivity contribution < 1.29 is 23.8 Å². The van der Waals surface area contributed by atoms with Crippen LogP contribution in [0.15, 0.2) is 29.5 Å². The molecule has 0 saturated carbocycles. The van der Waals surface area contributed by atoms with Crippen molar-refractivity contribution >= 4 is 23.6 Å². The lowest BCUT2D eigenvalue weighted by molar-refractivity contribution is -0.139. The lowest BCUT2D eigenvalue weighted by atomic mass is 9.94. The van der Waals surface area contributed by atoms with Crippen molar-refractivity contribution in [1.29, 1.82) is 0 Å². The van der Waals surface area contributed by atoms with E-state index in [9.17, 15) is 9.59 Å². The number of hydrogen-bond donors (Lipinski definition) is 2. The topological polar surface area (TPSA) is 85.9 Å². The monoisotopic (exact) mass is 368 g/mol. The Labute approximate surface area is 151 Å². The number of allylic oxidation sites excluding steroid dienone is 1. The van der Waals surface area contributed by atoms with Crippen LogP contribution in [0.2, 0.25) is 0 Å². The van der Waals surface area contributed by atoms with Crippen molar-refractivity contribution in [3.05, 3.63) is 35.0 Å². The Balaban J connectivity index is 2.44. The summed E-state index contributed by atoms with van der Waals surface area (Å²) < 4.78 is 15.9. The van der Waals surface area contributed by atoms with E-state index in [1.807, 2.05) is 0 Å². The molecule has 0 radical (unpaired) electrons. The highest BCUT2D eigenvalue weighted by Crippen LogP contribution is 2.35. The largest absolute Gasteiger partial charge is 0.497 e. The van der Waals surface area contributed by atoms with Crippen LogP contribution >= 0.6 is 11.6 Å². The zero-order valence-corrected chi connectivity index (χ0v) is 15.1. The third-order valence-electron chi connectivity index (χ3n) is 3.75. The number of urea groups is 1. The summed E-state index contributed by atoms with van der Waals surface area (Å²) in [6.45, 7) is 1.85. The number of rotatable bonds is 7. The highest BCUT2D eigenvalue weighted by atomic mass is 35.5. The second-order valence-corrected chi connectivity index (χ2v) is 5.73. The number of halogens is 1. The fourth-order valence-electron chi connectivity index (χ4n) is 2.56. The molecule has 2 rings (SSSR count). The Morgan fingerprint density at radius 2 is 2.04 bits per heavy atom. The molecule has 0 unspecified atom stereocenters. The standard InChI is InChI=1S/C17H21ClN2O5/c1-10-14(16(21)25-8-4-7-18)15(20-17(22)19-10)12-9-11(23-2)5-6-13(12)24-3/h5-6,9,15H,4,7-8H2,1-3H3,(H2,19,20,22)/t15-/m1/s1. The quantitative estimate of drug-likeness (QED) is 0.439. The van der Waals surface area contributed by atoms with Gasteiger partial charge < -0.3 is 24.8 Å². The molecule has 8 heteroatoms. The minimum Gasteiger partial charge on any atom is -0.497 e. The Morgan fingerprint density at radius 1 is 1.28 bits per heavy atom. The molecule has 136 valence electrons. The number of alkyl halides is 1. The summed E-state index contributed by atoms with van der Waals surface area (Å²) in [6, 6.07) is 4.04. The number of methoxy groups -OCH3 is 2. The van der Waals surface area contributed by atoms with Gasteiger partial charge in [-0.25, -0.2) is 9.59 Å². The van der Waals surface area contributed by atoms with Crippen LogP contribution in [-0.2, 0) is 9.53 Å². The summed E-state index contributed by atoms with van der Waals surface area (Å²) in [4.78, 5) is 24.5. The zero-order valence-electron chi connectivity index (χ0n) is 14.3. The Hall–Kier alpha value is -2.41. The molecule has 0 fully saturated rings. The molecule has 0 aromatic heterocycles. The molecule has 25 heavy (non-hydrogen) atoms. The van der Waals surface area contributed by atoms with Crippen molar-refractivity contribution in [2.75, 3.05) is 26.7 Å². The molecule has 1 heterocycles. The van der Waals surface area contributed by atoms with E-state index in [0.717, 1.165) is 0 Å². The van der Waals surface area contributed by atoms with E-state index in [1.165, 1.54) is 14.2 Å². The van der Waals surface area contributed by atoms with Crippen LogP contribution in [0.4, 0.5) is 4.79 Å². The average Bonchev–Trinajstić information content (AvgIpc) is 2.60. The highest BCUT2D eigenvalue weighted by molar-refractivity contribution is 6.17. The van der Waals surface area contributed by atoms with E-state index in [4.69, 9.17) is 25.8 Å². The maximum Gasteiger partial charge on any atom is 0.338 e. The van der Waals surface area contributed by atoms with Crippen LogP contribution in [0, 0.1) is 0 Å². The van der Waals surface area contributed by atoms with Crippen molar-refractivity contribution in [2.45, 2.75) is 19.4 Å². The molecule has 0 saturated heterocycles. The summed E-state index contributed by atoms with van der Waals surface area (Å²) in [5.41, 5.74) is 1.33. The molecular weight excluding hydrogens is 348 g/mol. The van der Waals surface area contributed by atoms with Crippen LogP contribution in [0.25, 0.3) is 0 Å². The SMILES string of the molecule is COc1ccc(OC)c([C@H]2NC(=O)NC(C)=C2C(=O)OCCCCl)c1. The summed E-state index contributed by atoms with van der Waals surface area (Å²) >= 11 is 5.61. The van der Waals surface area contributed by atoms with E-state index >= 15 is 0 Å². The number of esters is 1. The van der Waals surface area contributed by atoms with E-state index in [1.54, 1.807) is 25.1 Å². The van der Waals surface area contributed by atoms with E-state index in [2.05, 4.69) is 10.6 Å². The lowest BCUT2D eigenvalue weighted by Gasteiger charge is -2.29. The van der Waals surface area contributed by atoms with Gasteiger partial charge >= 0.3 is 12.0 Å². The Bertz CT molecular complexity index is 690. The van der Waals surface area contributed by atoms with Gasteiger partial charge in [-0.15, -0.1) is 11.6 Å². The van der Waals surface area contributed by atoms with E-state index in [0.29, 0.717) is 40.6 Å². The fourth-order valence-corrected chi connectivity index (χ4v) is 2.67. The molecule has 2 N–H and O–H groups in total. The maximum atomic E-state index is 12.5. The average molecular weight is 369 g/mol. The minimum atomic E-state index is -0.720. The van der Waals surface area contributed by atoms with Gasteiger partial charge in [-0.3, -0.25) is 0 Å². The number of carbonyl (C=O) groups is 2. The normalized spacial score (nSPS) is 16.8. The number of nitrogens with one attached hydrogen (secondary N) is 2. The smallest absolute Gasteiger partial charge is 0.338 e. The van der Waals surface area contributed by atoms with Crippen molar-refractivity contribution in [2.24, 2.45) is 0 Å². The first kappa shape index (κ1) is 18.9. The second kappa shape index (κ2) is 8.62. The summed E-state index contributed by atoms with van der Waals surface area (Å²) in [6.07, 6.45) is 0.548. The van der Waals surface area contributed by atoms with Crippen LogP contribution in [0.1, 0.15) is 24.9 Å². The van der Waals surface area contributed by atoms with Crippen molar-refractivity contribution in [3.8, 4) is 11.5 Å². The van der Waals surface area contributed by atoms with Gasteiger partial charge in [-0.1, -0.05) is 0 Å². The maximum absolute atomic E-state index is 12.5. The van der Waals surface area contributed by atoms with Gasteiger partial charge in [-0.2, -0.15) is 0 Å². The van der Waals surface area contributed by atoms with Crippen LogP contribution in [-0.4, -0.2) is 38.7 Å². The molecule has 1 aliphatic heterocycles. The molecule has 0 spiro atoms. The van der Waals surface area contributed by atoms with E-state index < -0.39 is 18.0 Å². The first-order valence-corrected chi connectivity index (χ1v) is 8.28. The van der Waals surface area contributed by atoms with Gasteiger partial charge in [0.2, 0.25) is 0 Å². The molecule has 1 aliphatic rings. The number of carbonyl (C=O) groups excluding carboxylic acids is 2. The van der Waals surface area contributed by atoms with Gasteiger partial charge in [0, 0.05) is 17.1 Å². The summed E-state index contributed by atoms with van der Waals surface area (Å²) in [5, 5.41) is 5.34. The zero-order chi connectivity index (χ0) is 18.4. The summed E-state index contributed by atoms with van der Waals surface area (Å²) in [7, 11) is 3.05. The van der Waals surface area contributed by atoms with Crippen LogP contribution < -0.4 is 20.1 Å². The fraction of sp³-hybridized carbons (Fsp3) is 0.412. The van der Waals surface area contributed by atoms with Gasteiger partial charge in [0.15, 0.2) is 0 Å². The van der Waals surface area contributed by atoms with Crippen molar-refractivity contribution in [3.63, 3.8) is 0 Å². The third-order valence-corrected chi connectivity index (χ3v) is 4.02. The molecule has 0 bridgehead atoms. The molecule has 7 nitrogen and oxygen atoms in total. The first-order chi connectivity index (χ1) is 12.0. The molecule has 2 amide bonds. The molecule has 1 aromatic carbocycles. The minimum absolute atomic E-state index is 0.203. The number of benzene rings is 1. The van der Waals surface area contributed by atoms with Crippen LogP contribution in [0.3, 0.4) is 0 Å². The van der Waals surface area contributed by atoms with Gasteiger partial charge in [0.05, 0.1) is 32.4 Å². The number of amides is 2. The highest BCUT2D eigenvalue weighted by Gasteiger charge is 2.34. The Kier molecular flexibility index (Phi) is 6.52. The Morgan fingerprint density at radius 3 is 2.68 bits per heavy atom. The summed E-state index contributed by atoms with van der Waals surface area (Å²) in [5.74, 6) is 0.973. The molecular formula is C17H21ClN2O5. The predicted octanol–water partition coefficient (Wildman–Crippen LogP) is 2.50. The van der Waals surface area contributed by atoms with E-state index in [-0.39, 0.29) is 6.61 Å². The van der Waals surface area contributed by atoms with Gasteiger partial charge in [-0.05, 0) is 31.5 Å². The predicted molar refractivity (Wildman–Crippen MR) is 93.0 cm³/mol. The second-order valence-electron chi connectivity index (χ2n) is 5.36. The number of hydrogen-bond acceptors (Lipinski definition) is 5. The lowest BCUT2D eigenvalue weighted by Crippen LogP contribution is -2.45. The first-order valence-electron chi connectivity index (χ1n) is 7.75. The molecule has 0 aliphatic carbocycles. The van der Waals surface area contributed by atoms with Crippen LogP contribution in [0.5, 0.6) is 11.5 Å². The van der Waals surface area contributed by atoms with Gasteiger partial charge in [0.1, 0.15) is 11.5 Å². The van der Waals surface area contributed by atoms with Gasteiger partial charge in [0.25, 0.3) is 0 Å². The number of ether oxygens (including phenoxy) is 3. The third kappa shape index (κ3) is 4.36.